The van der Waals surface area contributed by atoms with Crippen LogP contribution in [0.4, 0.5) is 5.69 Å². The Bertz CT molecular complexity index is 905. The lowest BCUT2D eigenvalue weighted by Gasteiger charge is -2.03. The molecule has 1 N–H and O–H groups in total. The molecule has 0 unspecified atom stereocenters. The Hall–Kier alpha value is -2.30. The number of hydrogen-bond donors (Lipinski definition) is 1. The van der Waals surface area contributed by atoms with Crippen LogP contribution in [0.15, 0.2) is 60.8 Å². The second-order valence-electron chi connectivity index (χ2n) is 6.23. The summed E-state index contributed by atoms with van der Waals surface area (Å²) < 4.78 is 4.37. The lowest BCUT2D eigenvalue weighted by atomic mass is 10.2. The van der Waals surface area contributed by atoms with Crippen molar-refractivity contribution in [3.8, 4) is 11.3 Å². The topological polar surface area (TPSA) is 37.9 Å². The van der Waals surface area contributed by atoms with Gasteiger partial charge >= 0.3 is 0 Å². The fraction of sp³-hybridized carbons (Fsp3) is 0.200. The van der Waals surface area contributed by atoms with Crippen molar-refractivity contribution in [2.45, 2.75) is 25.9 Å². The van der Waals surface area contributed by atoms with Crippen molar-refractivity contribution in [2.24, 2.45) is 0 Å². The molecule has 0 aliphatic carbocycles. The zero-order valence-corrected chi connectivity index (χ0v) is 15.7. The van der Waals surface area contributed by atoms with E-state index in [-0.39, 0.29) is 18.3 Å². The van der Waals surface area contributed by atoms with Crippen molar-refractivity contribution >= 4 is 23.2 Å². The van der Waals surface area contributed by atoms with Gasteiger partial charge < -0.3 is 17.7 Å². The van der Waals surface area contributed by atoms with Crippen LogP contribution in [0.25, 0.3) is 11.3 Å². The number of carbonyl (C=O) groups is 1. The van der Waals surface area contributed by atoms with E-state index < -0.39 is 0 Å². The molecule has 26 heavy (non-hydrogen) atoms. The summed E-state index contributed by atoms with van der Waals surface area (Å²) in [6.07, 6.45) is 4.17. The Balaban J connectivity index is 0.00000196. The van der Waals surface area contributed by atoms with Crippen molar-refractivity contribution in [1.29, 1.82) is 0 Å². The van der Waals surface area contributed by atoms with Gasteiger partial charge in [-0.25, -0.2) is 9.13 Å². The molecule has 4 rings (SSSR count). The first-order valence-electron chi connectivity index (χ1n) is 8.43. The highest BCUT2D eigenvalue weighted by atomic mass is 35.5. The van der Waals surface area contributed by atoms with Crippen LogP contribution in [0.3, 0.4) is 0 Å². The first kappa shape index (κ1) is 18.5. The number of aromatic nitrogens is 2. The Morgan fingerprint density at radius 3 is 2.58 bits per heavy atom. The van der Waals surface area contributed by atoms with Gasteiger partial charge in [-0.2, -0.15) is 0 Å². The minimum atomic E-state index is -0.0147. The number of amides is 1. The number of nitrogens with one attached hydrogen (secondary N) is 1. The number of imidazole rings is 1. The molecule has 2 aromatic carbocycles. The third-order valence-electron chi connectivity index (χ3n) is 4.51. The number of nitrogens with zero attached hydrogens (tertiary/aromatic N) is 2. The van der Waals surface area contributed by atoms with Crippen LogP contribution < -0.4 is 22.3 Å². The summed E-state index contributed by atoms with van der Waals surface area (Å²) in [5.41, 5.74) is 3.08. The van der Waals surface area contributed by atoms with Gasteiger partial charge in [-0.1, -0.05) is 29.8 Å². The molecule has 0 saturated carbocycles. The highest BCUT2D eigenvalue weighted by Gasteiger charge is 2.29. The average Bonchev–Trinajstić information content (AvgIpc) is 3.21. The number of halogens is 2. The number of fused-ring (bicyclic) bond motifs is 1. The van der Waals surface area contributed by atoms with Crippen LogP contribution in [0.5, 0.6) is 0 Å². The smallest absolute Gasteiger partial charge is 0.266 e. The minimum Gasteiger partial charge on any atom is -1.00 e. The van der Waals surface area contributed by atoms with Gasteiger partial charge in [0.1, 0.15) is 6.20 Å². The number of anilines is 1. The van der Waals surface area contributed by atoms with E-state index in [1.807, 2.05) is 54.6 Å². The number of benzene rings is 2. The van der Waals surface area contributed by atoms with E-state index in [0.29, 0.717) is 6.54 Å². The van der Waals surface area contributed by atoms with Crippen LogP contribution in [0.2, 0.25) is 5.02 Å². The third-order valence-corrected chi connectivity index (χ3v) is 4.76. The molecule has 1 aliphatic heterocycles. The molecule has 0 radical (unpaired) electrons. The summed E-state index contributed by atoms with van der Waals surface area (Å²) in [7, 11) is 0. The van der Waals surface area contributed by atoms with Gasteiger partial charge in [-0.05, 0) is 42.8 Å². The van der Waals surface area contributed by atoms with E-state index in [1.165, 1.54) is 5.82 Å². The molecule has 0 saturated heterocycles. The first-order chi connectivity index (χ1) is 12.2. The molecular weight excluding hydrogens is 369 g/mol. The van der Waals surface area contributed by atoms with Gasteiger partial charge in [-0.15, -0.1) is 0 Å². The quantitative estimate of drug-likeness (QED) is 0.657. The summed E-state index contributed by atoms with van der Waals surface area (Å²) in [4.78, 5) is 12.4. The molecule has 1 amide bonds. The van der Waals surface area contributed by atoms with E-state index in [4.69, 9.17) is 11.6 Å². The number of para-hydroxylation sites is 1. The molecular formula is C20H19Cl2N3O. The largest absolute Gasteiger partial charge is 1.00 e. The number of rotatable bonds is 4. The van der Waals surface area contributed by atoms with Crippen molar-refractivity contribution in [1.82, 2.24) is 4.57 Å². The van der Waals surface area contributed by atoms with Gasteiger partial charge in [0.25, 0.3) is 11.7 Å². The van der Waals surface area contributed by atoms with Crippen LogP contribution >= 0.6 is 11.6 Å². The van der Waals surface area contributed by atoms with Gasteiger partial charge in [0.2, 0.25) is 0 Å². The van der Waals surface area contributed by atoms with Gasteiger partial charge in [0.15, 0.2) is 12.2 Å². The summed E-state index contributed by atoms with van der Waals surface area (Å²) >= 11 is 6.00. The normalized spacial score (nSPS) is 12.3. The average molecular weight is 388 g/mol. The Morgan fingerprint density at radius 1 is 1.12 bits per heavy atom. The molecule has 1 aliphatic rings. The fourth-order valence-electron chi connectivity index (χ4n) is 3.37. The maximum atomic E-state index is 12.4. The summed E-state index contributed by atoms with van der Waals surface area (Å²) in [5, 5.41) is 3.68. The zero-order valence-electron chi connectivity index (χ0n) is 14.2. The molecule has 0 bridgehead atoms. The second kappa shape index (κ2) is 7.94. The summed E-state index contributed by atoms with van der Waals surface area (Å²) in [6.45, 7) is 1.30. The lowest BCUT2D eigenvalue weighted by Crippen LogP contribution is -3.00. The van der Waals surface area contributed by atoms with Crippen LogP contribution in [-0.4, -0.2) is 10.5 Å². The van der Waals surface area contributed by atoms with E-state index in [1.54, 1.807) is 0 Å². The number of hydrogen-bond acceptors (Lipinski definition) is 1. The summed E-state index contributed by atoms with van der Waals surface area (Å²) in [5.74, 6) is 1.19. The molecule has 0 spiro atoms. The fourth-order valence-corrected chi connectivity index (χ4v) is 3.50. The van der Waals surface area contributed by atoms with Crippen molar-refractivity contribution < 1.29 is 21.8 Å². The molecule has 134 valence electrons. The Morgan fingerprint density at radius 2 is 1.85 bits per heavy atom. The molecule has 0 atom stereocenters. The SMILES string of the molecule is O=C(C[n+]1cc(-c2ccc(Cl)cc2)n2c1CCC2)Nc1ccccc1.[Cl-]. The molecule has 4 nitrogen and oxygen atoms in total. The van der Waals surface area contributed by atoms with Gasteiger partial charge in [0, 0.05) is 16.3 Å². The highest BCUT2D eigenvalue weighted by molar-refractivity contribution is 6.30. The van der Waals surface area contributed by atoms with Crippen molar-refractivity contribution in [3.05, 3.63) is 71.6 Å². The summed E-state index contributed by atoms with van der Waals surface area (Å²) in [6, 6.07) is 17.4. The predicted octanol–water partition coefficient (Wildman–Crippen LogP) is 0.685. The van der Waals surface area contributed by atoms with Crippen LogP contribution in [0.1, 0.15) is 12.2 Å². The highest BCUT2D eigenvalue weighted by Crippen LogP contribution is 2.25. The molecule has 0 fully saturated rings. The third kappa shape index (κ3) is 3.76. The van der Waals surface area contributed by atoms with Crippen molar-refractivity contribution in [3.63, 3.8) is 0 Å². The maximum absolute atomic E-state index is 12.4. The monoisotopic (exact) mass is 387 g/mol. The van der Waals surface area contributed by atoms with Gasteiger partial charge in [-0.3, -0.25) is 4.79 Å². The van der Waals surface area contributed by atoms with E-state index in [0.717, 1.165) is 41.4 Å². The van der Waals surface area contributed by atoms with E-state index in [2.05, 4.69) is 20.6 Å². The maximum Gasteiger partial charge on any atom is 0.266 e. The van der Waals surface area contributed by atoms with E-state index in [9.17, 15) is 4.79 Å². The first-order valence-corrected chi connectivity index (χ1v) is 8.81. The van der Waals surface area contributed by atoms with Crippen LogP contribution in [-0.2, 0) is 24.3 Å². The second-order valence-corrected chi connectivity index (χ2v) is 6.67. The Kier molecular flexibility index (Phi) is 5.64. The molecule has 2 heterocycles. The minimum absolute atomic E-state index is 0. The lowest BCUT2D eigenvalue weighted by molar-refractivity contribution is -0.690. The predicted molar refractivity (Wildman–Crippen MR) is 98.5 cm³/mol. The number of carbonyl (C=O) groups excluding carboxylic acids is 1. The standard InChI is InChI=1S/C20H18ClN3O.ClH/c21-16-10-8-15(9-11-16)18-13-23(20-7-4-12-24(18)20)14-19(25)22-17-5-2-1-3-6-17;/h1-3,5-6,8-11,13H,4,7,12,14H2;1H. The zero-order chi connectivity index (χ0) is 17.2. The Labute approximate surface area is 163 Å². The van der Waals surface area contributed by atoms with Crippen LogP contribution in [0, 0.1) is 0 Å². The van der Waals surface area contributed by atoms with E-state index >= 15 is 0 Å². The van der Waals surface area contributed by atoms with Crippen molar-refractivity contribution in [2.75, 3.05) is 5.32 Å². The molecule has 1 aromatic heterocycles. The molecule has 3 aromatic rings. The van der Waals surface area contributed by atoms with Gasteiger partial charge in [0.05, 0.1) is 13.0 Å². The molecule has 6 heteroatoms.